The fraction of sp³-hybridized carbons (Fsp3) is 0.625. The summed E-state index contributed by atoms with van der Waals surface area (Å²) >= 11 is 0. The molecule has 0 bridgehead atoms. The van der Waals surface area contributed by atoms with E-state index in [-0.39, 0.29) is 6.10 Å². The van der Waals surface area contributed by atoms with E-state index in [2.05, 4.69) is 5.16 Å². The number of aryl methyl sites for hydroxylation is 1. The maximum Gasteiger partial charge on any atom is 0.314 e. The zero-order valence-electron chi connectivity index (χ0n) is 7.34. The molecule has 3 nitrogen and oxygen atoms in total. The fourth-order valence-corrected chi connectivity index (χ4v) is 0.719. The summed E-state index contributed by atoms with van der Waals surface area (Å²) in [5.74, 6) is 0.539. The highest BCUT2D eigenvalue weighted by Crippen LogP contribution is 2.20. The molecule has 0 atom stereocenters. The minimum atomic E-state index is 0.140. The van der Waals surface area contributed by atoms with Crippen molar-refractivity contribution < 1.29 is 9.26 Å². The molecule has 1 aromatic heterocycles. The lowest BCUT2D eigenvalue weighted by atomic mass is 10.3. The van der Waals surface area contributed by atoms with E-state index in [0.717, 1.165) is 11.3 Å². The molecular weight excluding hydrogens is 142 g/mol. The van der Waals surface area contributed by atoms with Crippen LogP contribution in [0.15, 0.2) is 4.52 Å². The van der Waals surface area contributed by atoms with Gasteiger partial charge in [-0.05, 0) is 27.7 Å². The number of nitrogens with zero attached hydrogens (tertiary/aromatic N) is 1. The van der Waals surface area contributed by atoms with E-state index in [0.29, 0.717) is 5.95 Å². The minimum Gasteiger partial charge on any atom is -0.461 e. The largest absolute Gasteiger partial charge is 0.461 e. The van der Waals surface area contributed by atoms with Gasteiger partial charge in [0.25, 0.3) is 0 Å². The lowest BCUT2D eigenvalue weighted by Crippen LogP contribution is -2.05. The summed E-state index contributed by atoms with van der Waals surface area (Å²) in [7, 11) is 0. The van der Waals surface area contributed by atoms with Gasteiger partial charge >= 0.3 is 5.95 Å². The first kappa shape index (κ1) is 8.11. The average molecular weight is 155 g/mol. The first-order valence-electron chi connectivity index (χ1n) is 3.70. The first-order chi connectivity index (χ1) is 5.11. The van der Waals surface area contributed by atoms with Crippen molar-refractivity contribution in [2.75, 3.05) is 0 Å². The summed E-state index contributed by atoms with van der Waals surface area (Å²) in [4.78, 5) is 0. The quantitative estimate of drug-likeness (QED) is 0.655. The van der Waals surface area contributed by atoms with Crippen LogP contribution in [0.25, 0.3) is 0 Å². The van der Waals surface area contributed by atoms with E-state index >= 15 is 0 Å². The van der Waals surface area contributed by atoms with Gasteiger partial charge in [-0.1, -0.05) is 5.16 Å². The smallest absolute Gasteiger partial charge is 0.314 e. The summed E-state index contributed by atoms with van der Waals surface area (Å²) < 4.78 is 10.3. The third-order valence-corrected chi connectivity index (χ3v) is 1.46. The molecule has 0 fully saturated rings. The molecule has 0 unspecified atom stereocenters. The molecule has 1 aromatic rings. The lowest BCUT2D eigenvalue weighted by molar-refractivity contribution is 0.165. The third kappa shape index (κ3) is 1.73. The summed E-state index contributed by atoms with van der Waals surface area (Å²) in [5, 5.41) is 3.77. The average Bonchev–Trinajstić information content (AvgIpc) is 2.18. The molecule has 0 aliphatic carbocycles. The molecule has 0 spiro atoms. The van der Waals surface area contributed by atoms with E-state index in [4.69, 9.17) is 9.26 Å². The highest BCUT2D eigenvalue weighted by atomic mass is 16.6. The van der Waals surface area contributed by atoms with Crippen LogP contribution in [0.3, 0.4) is 0 Å². The Morgan fingerprint density at radius 3 is 2.36 bits per heavy atom. The molecule has 0 saturated carbocycles. The molecule has 0 saturated heterocycles. The molecule has 0 aliphatic heterocycles. The Bertz CT molecular complexity index is 240. The van der Waals surface area contributed by atoms with Crippen molar-refractivity contribution in [1.82, 2.24) is 5.16 Å². The number of hydrogen-bond acceptors (Lipinski definition) is 3. The van der Waals surface area contributed by atoms with Gasteiger partial charge in [-0.15, -0.1) is 0 Å². The van der Waals surface area contributed by atoms with Crippen molar-refractivity contribution >= 4 is 0 Å². The first-order valence-corrected chi connectivity index (χ1v) is 3.70. The Labute approximate surface area is 66.3 Å². The summed E-state index contributed by atoms with van der Waals surface area (Å²) in [5.41, 5.74) is 1.87. The van der Waals surface area contributed by atoms with Crippen LogP contribution in [0.1, 0.15) is 25.1 Å². The van der Waals surface area contributed by atoms with Crippen molar-refractivity contribution in [3.8, 4) is 5.95 Å². The number of rotatable bonds is 2. The molecule has 0 radical (unpaired) electrons. The molecular formula is C8H13NO2. The Morgan fingerprint density at radius 1 is 1.36 bits per heavy atom. The van der Waals surface area contributed by atoms with E-state index in [9.17, 15) is 0 Å². The maximum atomic E-state index is 5.34. The molecule has 0 amide bonds. The standard InChI is InChI=1S/C8H13NO2/c1-5(2)10-8-6(3)7(4)9-11-8/h5H,1-4H3. The Balaban J connectivity index is 2.79. The summed E-state index contributed by atoms with van der Waals surface area (Å²) in [6, 6.07) is 0. The van der Waals surface area contributed by atoms with E-state index < -0.39 is 0 Å². The van der Waals surface area contributed by atoms with Crippen LogP contribution in [0.4, 0.5) is 0 Å². The molecule has 62 valence electrons. The number of ether oxygens (including phenoxy) is 1. The summed E-state index contributed by atoms with van der Waals surface area (Å²) in [6.45, 7) is 7.74. The van der Waals surface area contributed by atoms with Gasteiger partial charge in [-0.2, -0.15) is 0 Å². The Morgan fingerprint density at radius 2 is 2.00 bits per heavy atom. The van der Waals surface area contributed by atoms with Gasteiger partial charge < -0.3 is 9.26 Å². The van der Waals surface area contributed by atoms with Gasteiger partial charge in [0, 0.05) is 0 Å². The maximum absolute atomic E-state index is 5.34. The molecule has 1 rings (SSSR count). The highest BCUT2D eigenvalue weighted by Gasteiger charge is 2.09. The normalized spacial score (nSPS) is 10.6. The van der Waals surface area contributed by atoms with Crippen molar-refractivity contribution in [1.29, 1.82) is 0 Å². The zero-order valence-corrected chi connectivity index (χ0v) is 7.34. The zero-order chi connectivity index (χ0) is 8.43. The topological polar surface area (TPSA) is 35.3 Å². The molecule has 0 aromatic carbocycles. The van der Waals surface area contributed by atoms with Crippen LogP contribution < -0.4 is 4.74 Å². The Hall–Kier alpha value is -0.990. The van der Waals surface area contributed by atoms with Crippen LogP contribution in [-0.2, 0) is 0 Å². The van der Waals surface area contributed by atoms with Crippen molar-refractivity contribution in [3.63, 3.8) is 0 Å². The Kier molecular flexibility index (Phi) is 2.17. The second-order valence-electron chi connectivity index (χ2n) is 2.85. The minimum absolute atomic E-state index is 0.140. The highest BCUT2D eigenvalue weighted by molar-refractivity contribution is 5.24. The second kappa shape index (κ2) is 2.95. The van der Waals surface area contributed by atoms with Gasteiger partial charge in [0.05, 0.1) is 17.4 Å². The van der Waals surface area contributed by atoms with Gasteiger partial charge in [0.2, 0.25) is 0 Å². The van der Waals surface area contributed by atoms with Crippen molar-refractivity contribution in [2.24, 2.45) is 0 Å². The van der Waals surface area contributed by atoms with Gasteiger partial charge in [0.1, 0.15) is 0 Å². The predicted octanol–water partition coefficient (Wildman–Crippen LogP) is 2.08. The van der Waals surface area contributed by atoms with Gasteiger partial charge in [0.15, 0.2) is 0 Å². The van der Waals surface area contributed by atoms with Crippen LogP contribution in [-0.4, -0.2) is 11.3 Å². The van der Waals surface area contributed by atoms with Gasteiger partial charge in [-0.3, -0.25) is 0 Å². The molecule has 11 heavy (non-hydrogen) atoms. The van der Waals surface area contributed by atoms with E-state index in [1.807, 2.05) is 27.7 Å². The number of hydrogen-bond donors (Lipinski definition) is 0. The van der Waals surface area contributed by atoms with Crippen LogP contribution in [0.2, 0.25) is 0 Å². The van der Waals surface area contributed by atoms with Gasteiger partial charge in [-0.25, -0.2) is 0 Å². The van der Waals surface area contributed by atoms with E-state index in [1.165, 1.54) is 0 Å². The molecule has 0 N–H and O–H groups in total. The monoisotopic (exact) mass is 155 g/mol. The van der Waals surface area contributed by atoms with Crippen molar-refractivity contribution in [3.05, 3.63) is 11.3 Å². The predicted molar refractivity (Wildman–Crippen MR) is 41.7 cm³/mol. The van der Waals surface area contributed by atoms with Crippen LogP contribution in [0.5, 0.6) is 5.95 Å². The SMILES string of the molecule is Cc1noc(OC(C)C)c1C. The molecule has 3 heteroatoms. The third-order valence-electron chi connectivity index (χ3n) is 1.46. The van der Waals surface area contributed by atoms with E-state index in [1.54, 1.807) is 0 Å². The van der Waals surface area contributed by atoms with Crippen molar-refractivity contribution in [2.45, 2.75) is 33.8 Å². The molecule has 1 heterocycles. The van der Waals surface area contributed by atoms with Crippen LogP contribution >= 0.6 is 0 Å². The summed E-state index contributed by atoms with van der Waals surface area (Å²) in [6.07, 6.45) is 0.140. The molecule has 0 aliphatic rings. The lowest BCUT2D eigenvalue weighted by Gasteiger charge is -2.04. The van der Waals surface area contributed by atoms with Crippen LogP contribution in [0, 0.1) is 13.8 Å². The second-order valence-corrected chi connectivity index (χ2v) is 2.85. The fourth-order valence-electron chi connectivity index (χ4n) is 0.719. The number of aromatic nitrogens is 1.